The molecule has 0 amide bonds. The highest BCUT2D eigenvalue weighted by molar-refractivity contribution is 7.83. The van der Waals surface area contributed by atoms with Crippen molar-refractivity contribution in [1.29, 1.82) is 5.41 Å². The number of aliphatic hydroxyl groups excluding tert-OH is 1. The topological polar surface area (TPSA) is 114 Å². The fourth-order valence-corrected chi connectivity index (χ4v) is 3.19. The highest BCUT2D eigenvalue weighted by Gasteiger charge is 2.17. The van der Waals surface area contributed by atoms with Crippen LogP contribution in [0.2, 0.25) is 0 Å². The lowest BCUT2D eigenvalue weighted by Gasteiger charge is -2.20. The molecule has 0 spiro atoms. The molecule has 1 aliphatic carbocycles. The Kier molecular flexibility index (Phi) is 7.42. The number of hydrogen-bond donors (Lipinski definition) is 4. The van der Waals surface area contributed by atoms with Crippen molar-refractivity contribution in [2.24, 2.45) is 0 Å². The molecule has 0 aromatic rings. The molecule has 7 nitrogen and oxygen atoms in total. The number of rotatable bonds is 4. The summed E-state index contributed by atoms with van der Waals surface area (Å²) in [7, 11) is -3.97. The second kappa shape index (κ2) is 8.56. The van der Waals surface area contributed by atoms with E-state index in [0.29, 0.717) is 12.4 Å². The maximum Gasteiger partial charge on any atom is 0.333 e. The van der Waals surface area contributed by atoms with Gasteiger partial charge in [-0.05, 0) is 19.3 Å². The van der Waals surface area contributed by atoms with Crippen LogP contribution in [0.4, 0.5) is 0 Å². The molecule has 2 fully saturated rings. The van der Waals surface area contributed by atoms with Crippen molar-refractivity contribution in [3.05, 3.63) is 0 Å². The first-order chi connectivity index (χ1) is 9.42. The molecule has 0 atom stereocenters. The lowest BCUT2D eigenvalue weighted by Crippen LogP contribution is -2.35. The van der Waals surface area contributed by atoms with Crippen molar-refractivity contribution in [1.82, 2.24) is 9.62 Å². The molecule has 2 rings (SSSR count). The van der Waals surface area contributed by atoms with Crippen LogP contribution < -0.4 is 4.72 Å². The van der Waals surface area contributed by atoms with Crippen LogP contribution in [0.1, 0.15) is 44.9 Å². The van der Waals surface area contributed by atoms with E-state index in [-0.39, 0.29) is 12.6 Å². The molecule has 1 aliphatic heterocycles. The zero-order chi connectivity index (χ0) is 15.0. The third kappa shape index (κ3) is 7.18. The molecule has 0 radical (unpaired) electrons. The smallest absolute Gasteiger partial charge is 0.333 e. The van der Waals surface area contributed by atoms with Crippen molar-refractivity contribution in [2.75, 3.05) is 19.7 Å². The minimum absolute atomic E-state index is 0.0428. The minimum atomic E-state index is -3.97. The lowest BCUT2D eigenvalue weighted by atomic mass is 9.96. The summed E-state index contributed by atoms with van der Waals surface area (Å²) in [5.74, 6) is 0.684. The van der Waals surface area contributed by atoms with Crippen LogP contribution in [-0.2, 0) is 10.3 Å². The van der Waals surface area contributed by atoms with Gasteiger partial charge in [-0.15, -0.1) is 0 Å². The van der Waals surface area contributed by atoms with E-state index in [2.05, 4.69) is 4.72 Å². The largest absolute Gasteiger partial charge is 0.395 e. The summed E-state index contributed by atoms with van der Waals surface area (Å²) in [4.78, 5) is 1.92. The molecule has 1 saturated heterocycles. The number of likely N-dealkylation sites (tertiary alicyclic amines) is 1. The lowest BCUT2D eigenvalue weighted by molar-refractivity contribution is 0.255. The SMILES string of the molecule is N=C1CCCN1CCO.O=S(=O)(O)NC1CCCCC1. The molecule has 118 valence electrons. The number of β-amino-alcohol motifs (C(OH)–C–C–N with tert-alkyl or cyclic N) is 1. The Morgan fingerprint density at radius 3 is 2.35 bits per heavy atom. The van der Waals surface area contributed by atoms with Gasteiger partial charge in [-0.25, -0.2) is 0 Å². The molecule has 0 unspecified atom stereocenters. The molecule has 4 N–H and O–H groups in total. The monoisotopic (exact) mass is 307 g/mol. The van der Waals surface area contributed by atoms with Crippen LogP contribution in [0.3, 0.4) is 0 Å². The molecule has 8 heteroatoms. The third-order valence-corrected chi connectivity index (χ3v) is 4.15. The van der Waals surface area contributed by atoms with Crippen LogP contribution in [0.25, 0.3) is 0 Å². The van der Waals surface area contributed by atoms with E-state index in [0.717, 1.165) is 45.1 Å². The highest BCUT2D eigenvalue weighted by Crippen LogP contribution is 2.17. The summed E-state index contributed by atoms with van der Waals surface area (Å²) in [5.41, 5.74) is 0. The summed E-state index contributed by atoms with van der Waals surface area (Å²) in [6.45, 7) is 1.76. The van der Waals surface area contributed by atoms with Gasteiger partial charge in [0.25, 0.3) is 0 Å². The molecule has 1 heterocycles. The zero-order valence-electron chi connectivity index (χ0n) is 11.7. The van der Waals surface area contributed by atoms with E-state index in [1.807, 2.05) is 4.90 Å². The molecule has 1 saturated carbocycles. The first-order valence-electron chi connectivity index (χ1n) is 7.10. The minimum Gasteiger partial charge on any atom is -0.395 e. The zero-order valence-corrected chi connectivity index (χ0v) is 12.5. The van der Waals surface area contributed by atoms with Crippen LogP contribution in [0.15, 0.2) is 0 Å². The maximum absolute atomic E-state index is 10.3. The Hall–Kier alpha value is -0.700. The van der Waals surface area contributed by atoms with E-state index < -0.39 is 10.3 Å². The summed E-state index contributed by atoms with van der Waals surface area (Å²) in [5, 5.41) is 15.8. The summed E-state index contributed by atoms with van der Waals surface area (Å²) in [6.07, 6.45) is 6.93. The summed E-state index contributed by atoms with van der Waals surface area (Å²) in [6, 6.07) is -0.0428. The van der Waals surface area contributed by atoms with Crippen molar-refractivity contribution in [3.63, 3.8) is 0 Å². The predicted octanol–water partition coefficient (Wildman–Crippen LogP) is 0.763. The molecule has 0 aromatic carbocycles. The van der Waals surface area contributed by atoms with Crippen molar-refractivity contribution in [3.8, 4) is 0 Å². The van der Waals surface area contributed by atoms with Gasteiger partial charge in [0.05, 0.1) is 12.4 Å². The fourth-order valence-electron chi connectivity index (χ4n) is 2.53. The molecular weight excluding hydrogens is 282 g/mol. The van der Waals surface area contributed by atoms with Gasteiger partial charge in [-0.3, -0.25) is 9.96 Å². The summed E-state index contributed by atoms with van der Waals surface area (Å²) >= 11 is 0. The predicted molar refractivity (Wildman–Crippen MR) is 77.2 cm³/mol. The number of amidine groups is 1. The van der Waals surface area contributed by atoms with Gasteiger partial charge < -0.3 is 10.0 Å². The molecule has 0 bridgehead atoms. The number of nitrogens with one attached hydrogen (secondary N) is 2. The van der Waals surface area contributed by atoms with Gasteiger partial charge in [0.15, 0.2) is 0 Å². The van der Waals surface area contributed by atoms with Crippen LogP contribution >= 0.6 is 0 Å². The Balaban J connectivity index is 0.000000204. The maximum atomic E-state index is 10.3. The average molecular weight is 307 g/mol. The third-order valence-electron chi connectivity index (χ3n) is 3.51. The average Bonchev–Trinajstić information content (AvgIpc) is 2.76. The van der Waals surface area contributed by atoms with Crippen LogP contribution in [0.5, 0.6) is 0 Å². The molecule has 0 aromatic heterocycles. The molecule has 20 heavy (non-hydrogen) atoms. The first kappa shape index (κ1) is 17.4. The Morgan fingerprint density at radius 1 is 1.25 bits per heavy atom. The number of nitrogens with zero attached hydrogens (tertiary/aromatic N) is 1. The van der Waals surface area contributed by atoms with Gasteiger partial charge in [0.1, 0.15) is 0 Å². The normalized spacial score (nSPS) is 20.7. The van der Waals surface area contributed by atoms with Gasteiger partial charge >= 0.3 is 10.3 Å². The number of hydrogen-bond acceptors (Lipinski definition) is 4. The molecule has 2 aliphatic rings. The van der Waals surface area contributed by atoms with Crippen molar-refractivity contribution < 1.29 is 18.1 Å². The van der Waals surface area contributed by atoms with Crippen molar-refractivity contribution >= 4 is 16.1 Å². The van der Waals surface area contributed by atoms with Gasteiger partial charge in [-0.2, -0.15) is 13.1 Å². The second-order valence-corrected chi connectivity index (χ2v) is 6.37. The van der Waals surface area contributed by atoms with Crippen molar-refractivity contribution in [2.45, 2.75) is 51.0 Å². The quantitative estimate of drug-likeness (QED) is 0.573. The van der Waals surface area contributed by atoms with Crippen LogP contribution in [-0.4, -0.2) is 54.6 Å². The van der Waals surface area contributed by atoms with E-state index in [1.165, 1.54) is 6.42 Å². The highest BCUT2D eigenvalue weighted by atomic mass is 32.2. The first-order valence-corrected chi connectivity index (χ1v) is 8.54. The molecular formula is C12H25N3O4S. The summed E-state index contributed by atoms with van der Waals surface area (Å²) < 4.78 is 31.3. The Morgan fingerprint density at radius 2 is 1.90 bits per heavy atom. The second-order valence-electron chi connectivity index (χ2n) is 5.19. The Bertz CT molecular complexity index is 394. The standard InChI is InChI=1S/C6H12N2O.C6H13NO3S/c7-6-2-1-3-8(6)4-5-9;8-11(9,10)7-6-4-2-1-3-5-6/h7,9H,1-5H2;6-7H,1-5H2,(H,8,9,10). The number of aliphatic hydroxyl groups is 1. The van der Waals surface area contributed by atoms with Gasteiger partial charge in [-0.1, -0.05) is 19.3 Å². The fraction of sp³-hybridized carbons (Fsp3) is 0.917. The van der Waals surface area contributed by atoms with E-state index >= 15 is 0 Å². The van der Waals surface area contributed by atoms with Gasteiger partial charge in [0.2, 0.25) is 0 Å². The Labute approximate surface area is 120 Å². The van der Waals surface area contributed by atoms with E-state index in [9.17, 15) is 8.42 Å². The van der Waals surface area contributed by atoms with Gasteiger partial charge in [0, 0.05) is 25.6 Å². The van der Waals surface area contributed by atoms with E-state index in [1.54, 1.807) is 0 Å². The van der Waals surface area contributed by atoms with Crippen LogP contribution in [0, 0.1) is 5.41 Å². The van der Waals surface area contributed by atoms with E-state index in [4.69, 9.17) is 15.1 Å².